The molecule has 3 aromatic rings. The molecule has 0 bridgehead atoms. The maximum absolute atomic E-state index is 11.8. The minimum atomic E-state index is -1.04. The van der Waals surface area contributed by atoms with Crippen LogP contribution in [0.25, 0.3) is 11.1 Å². The zero-order valence-electron chi connectivity index (χ0n) is 18.2. The summed E-state index contributed by atoms with van der Waals surface area (Å²) in [5.41, 5.74) is 9.42. The molecule has 0 spiro atoms. The molecule has 0 aliphatic heterocycles. The van der Waals surface area contributed by atoms with Crippen LogP contribution in [0.15, 0.2) is 60.7 Å². The minimum Gasteiger partial charge on any atom is -0.491 e. The highest BCUT2D eigenvalue weighted by Gasteiger charge is 2.16. The Morgan fingerprint density at radius 1 is 0.871 bits per heavy atom. The lowest BCUT2D eigenvalue weighted by atomic mass is 9.97. The number of nitrogens with one attached hydrogen (secondary N) is 1. The summed E-state index contributed by atoms with van der Waals surface area (Å²) < 4.78 is 11.3. The number of aromatic carboxylic acids is 1. The Balaban J connectivity index is 1.93. The van der Waals surface area contributed by atoms with E-state index in [0.717, 1.165) is 22.7 Å². The van der Waals surface area contributed by atoms with E-state index in [2.05, 4.69) is 5.32 Å². The van der Waals surface area contributed by atoms with Gasteiger partial charge >= 0.3 is 5.97 Å². The topological polar surface area (TPSA) is 93.8 Å². The number of carboxylic acid groups (broad SMARTS) is 1. The first-order valence-electron chi connectivity index (χ1n) is 10.2. The van der Waals surface area contributed by atoms with E-state index in [9.17, 15) is 9.90 Å². The van der Waals surface area contributed by atoms with E-state index < -0.39 is 5.97 Å². The number of nitrogens with two attached hydrogens (primary N) is 1. The molecule has 0 aromatic heterocycles. The van der Waals surface area contributed by atoms with Crippen LogP contribution >= 0.6 is 0 Å². The van der Waals surface area contributed by atoms with Crippen LogP contribution in [0.3, 0.4) is 0 Å². The van der Waals surface area contributed by atoms with Crippen molar-refractivity contribution >= 4 is 23.0 Å². The molecule has 6 nitrogen and oxygen atoms in total. The van der Waals surface area contributed by atoms with Crippen LogP contribution in [0.2, 0.25) is 0 Å². The van der Waals surface area contributed by atoms with Crippen molar-refractivity contribution in [3.63, 3.8) is 0 Å². The van der Waals surface area contributed by atoms with Gasteiger partial charge in [0, 0.05) is 5.69 Å². The lowest BCUT2D eigenvalue weighted by Crippen LogP contribution is -2.06. The van der Waals surface area contributed by atoms with Crippen LogP contribution in [-0.2, 0) is 0 Å². The number of carbonyl (C=O) groups is 1. The SMILES string of the molecule is CC(C)Oc1ccc(Nc2cc(-c3ccc(OC(C)C)cc3)c(C(=O)O)cc2N)cc1. The fourth-order valence-electron chi connectivity index (χ4n) is 3.17. The fourth-order valence-corrected chi connectivity index (χ4v) is 3.17. The third-order valence-electron chi connectivity index (χ3n) is 4.46. The monoisotopic (exact) mass is 420 g/mol. The first-order chi connectivity index (χ1) is 14.7. The lowest BCUT2D eigenvalue weighted by Gasteiger charge is -2.16. The molecule has 0 atom stereocenters. The van der Waals surface area contributed by atoms with E-state index in [1.807, 2.05) is 76.2 Å². The highest BCUT2D eigenvalue weighted by molar-refractivity contribution is 5.99. The predicted molar refractivity (Wildman–Crippen MR) is 125 cm³/mol. The Hall–Kier alpha value is -3.67. The van der Waals surface area contributed by atoms with E-state index in [0.29, 0.717) is 16.9 Å². The number of rotatable bonds is 8. The van der Waals surface area contributed by atoms with Crippen LogP contribution in [0.4, 0.5) is 17.1 Å². The molecule has 0 radical (unpaired) electrons. The molecule has 0 aliphatic carbocycles. The van der Waals surface area contributed by atoms with Crippen molar-refractivity contribution in [1.82, 2.24) is 0 Å². The van der Waals surface area contributed by atoms with Crippen molar-refractivity contribution in [2.45, 2.75) is 39.9 Å². The highest BCUT2D eigenvalue weighted by atomic mass is 16.5. The van der Waals surface area contributed by atoms with Crippen molar-refractivity contribution in [2.24, 2.45) is 0 Å². The third kappa shape index (κ3) is 5.69. The Kier molecular flexibility index (Phi) is 6.70. The second kappa shape index (κ2) is 9.43. The van der Waals surface area contributed by atoms with Gasteiger partial charge in [0.2, 0.25) is 0 Å². The minimum absolute atomic E-state index is 0.0603. The van der Waals surface area contributed by atoms with Gasteiger partial charge in [-0.25, -0.2) is 4.79 Å². The third-order valence-corrected chi connectivity index (χ3v) is 4.46. The van der Waals surface area contributed by atoms with Crippen molar-refractivity contribution in [3.8, 4) is 22.6 Å². The van der Waals surface area contributed by atoms with E-state index in [1.165, 1.54) is 6.07 Å². The zero-order valence-corrected chi connectivity index (χ0v) is 18.2. The van der Waals surface area contributed by atoms with Gasteiger partial charge in [-0.2, -0.15) is 0 Å². The molecule has 0 heterocycles. The molecule has 3 aromatic carbocycles. The molecule has 0 saturated heterocycles. The van der Waals surface area contributed by atoms with Gasteiger partial charge in [-0.15, -0.1) is 0 Å². The van der Waals surface area contributed by atoms with E-state index in [4.69, 9.17) is 15.2 Å². The zero-order chi connectivity index (χ0) is 22.5. The van der Waals surface area contributed by atoms with Gasteiger partial charge in [0.25, 0.3) is 0 Å². The molecule has 0 unspecified atom stereocenters. The highest BCUT2D eigenvalue weighted by Crippen LogP contribution is 2.34. The average molecular weight is 421 g/mol. The van der Waals surface area contributed by atoms with E-state index >= 15 is 0 Å². The Morgan fingerprint density at radius 3 is 1.87 bits per heavy atom. The Labute approximate surface area is 182 Å². The van der Waals surface area contributed by atoms with Gasteiger partial charge in [0.05, 0.1) is 29.1 Å². The fraction of sp³-hybridized carbons (Fsp3) is 0.240. The second-order valence-electron chi connectivity index (χ2n) is 7.80. The summed E-state index contributed by atoms with van der Waals surface area (Å²) in [6, 6.07) is 18.1. The largest absolute Gasteiger partial charge is 0.491 e. The number of anilines is 3. The molecular formula is C25H28N2O4. The summed E-state index contributed by atoms with van der Waals surface area (Å²) in [4.78, 5) is 11.8. The Morgan fingerprint density at radius 2 is 1.39 bits per heavy atom. The predicted octanol–water partition coefficient (Wildman–Crippen LogP) is 5.95. The van der Waals surface area contributed by atoms with Crippen molar-refractivity contribution in [2.75, 3.05) is 11.1 Å². The van der Waals surface area contributed by atoms with Crippen LogP contribution in [-0.4, -0.2) is 23.3 Å². The Bertz CT molecular complexity index is 1040. The van der Waals surface area contributed by atoms with Crippen LogP contribution < -0.4 is 20.5 Å². The number of carboxylic acids is 1. The summed E-state index contributed by atoms with van der Waals surface area (Å²) in [6.45, 7) is 7.85. The van der Waals surface area contributed by atoms with Crippen molar-refractivity contribution in [1.29, 1.82) is 0 Å². The summed E-state index contributed by atoms with van der Waals surface area (Å²) in [5, 5.41) is 13.0. The molecule has 162 valence electrons. The molecule has 6 heteroatoms. The van der Waals surface area contributed by atoms with Gasteiger partial charge in [0.15, 0.2) is 0 Å². The molecule has 0 aliphatic rings. The maximum atomic E-state index is 11.8. The van der Waals surface area contributed by atoms with Gasteiger partial charge < -0.3 is 25.6 Å². The molecule has 0 fully saturated rings. The van der Waals surface area contributed by atoms with Crippen LogP contribution in [0.5, 0.6) is 11.5 Å². The number of benzene rings is 3. The summed E-state index contributed by atoms with van der Waals surface area (Å²) in [7, 11) is 0. The smallest absolute Gasteiger partial charge is 0.336 e. The van der Waals surface area contributed by atoms with Crippen molar-refractivity contribution in [3.05, 3.63) is 66.2 Å². The summed E-state index contributed by atoms with van der Waals surface area (Å²) >= 11 is 0. The van der Waals surface area contributed by atoms with Gasteiger partial charge in [-0.05, 0) is 87.4 Å². The van der Waals surface area contributed by atoms with E-state index in [-0.39, 0.29) is 17.8 Å². The second-order valence-corrected chi connectivity index (χ2v) is 7.80. The van der Waals surface area contributed by atoms with E-state index in [1.54, 1.807) is 6.07 Å². The van der Waals surface area contributed by atoms with Gasteiger partial charge in [-0.1, -0.05) is 12.1 Å². The lowest BCUT2D eigenvalue weighted by molar-refractivity contribution is 0.0698. The normalized spacial score (nSPS) is 10.9. The average Bonchev–Trinajstić information content (AvgIpc) is 2.70. The van der Waals surface area contributed by atoms with Gasteiger partial charge in [0.1, 0.15) is 11.5 Å². The molecule has 31 heavy (non-hydrogen) atoms. The summed E-state index contributed by atoms with van der Waals surface area (Å²) in [6.07, 6.45) is 0.156. The van der Waals surface area contributed by atoms with Crippen LogP contribution in [0.1, 0.15) is 38.1 Å². The first-order valence-corrected chi connectivity index (χ1v) is 10.2. The maximum Gasteiger partial charge on any atom is 0.336 e. The molecule has 0 saturated carbocycles. The van der Waals surface area contributed by atoms with Crippen LogP contribution in [0, 0.1) is 0 Å². The van der Waals surface area contributed by atoms with Crippen molar-refractivity contribution < 1.29 is 19.4 Å². The number of hydrogen-bond acceptors (Lipinski definition) is 5. The summed E-state index contributed by atoms with van der Waals surface area (Å²) in [5.74, 6) is 0.471. The molecular weight excluding hydrogens is 392 g/mol. The number of hydrogen-bond donors (Lipinski definition) is 3. The molecule has 3 rings (SSSR count). The molecule has 0 amide bonds. The number of ether oxygens (including phenoxy) is 2. The number of nitrogen functional groups attached to an aromatic ring is 1. The molecule has 4 N–H and O–H groups in total. The first kappa shape index (κ1) is 22.0. The van der Waals surface area contributed by atoms with Gasteiger partial charge in [-0.3, -0.25) is 0 Å². The standard InChI is InChI=1S/C25H28N2O4/c1-15(2)30-19-9-5-17(6-10-19)21-14-24(23(26)13-22(21)25(28)29)27-18-7-11-20(12-8-18)31-16(3)4/h5-16,27H,26H2,1-4H3,(H,28,29). The quantitative estimate of drug-likeness (QED) is 0.390.